The molecule has 2 fully saturated rings. The van der Waals surface area contributed by atoms with Crippen LogP contribution in [0.5, 0.6) is 0 Å². The second-order valence-electron chi connectivity index (χ2n) is 8.34. The summed E-state index contributed by atoms with van der Waals surface area (Å²) in [5, 5.41) is 12.9. The first-order valence-electron chi connectivity index (χ1n) is 10.4. The maximum Gasteiger partial charge on any atom is 0.301 e. The summed E-state index contributed by atoms with van der Waals surface area (Å²) in [6, 6.07) is 10.8. The van der Waals surface area contributed by atoms with Crippen LogP contribution in [0.25, 0.3) is 5.57 Å². The van der Waals surface area contributed by atoms with E-state index in [4.69, 9.17) is 0 Å². The van der Waals surface area contributed by atoms with Crippen molar-refractivity contribution < 1.29 is 13.5 Å². The lowest BCUT2D eigenvalue weighted by Crippen LogP contribution is -2.28. The van der Waals surface area contributed by atoms with Gasteiger partial charge in [0.2, 0.25) is 0 Å². The van der Waals surface area contributed by atoms with Crippen molar-refractivity contribution in [1.29, 1.82) is 0 Å². The van der Waals surface area contributed by atoms with Gasteiger partial charge in [-0.3, -0.25) is 14.8 Å². The molecule has 4 rings (SSSR count). The number of hydrogen-bond acceptors (Lipinski definition) is 5. The fourth-order valence-corrected chi connectivity index (χ4v) is 4.36. The van der Waals surface area contributed by atoms with E-state index in [9.17, 15) is 18.3 Å². The first kappa shape index (κ1) is 21.8. The highest BCUT2D eigenvalue weighted by Crippen LogP contribution is 2.38. The molecule has 2 heterocycles. The first-order valence-corrected chi connectivity index (χ1v) is 11.9. The maximum atomic E-state index is 12.6. The Morgan fingerprint density at radius 1 is 1.10 bits per heavy atom. The molecule has 2 aliphatic rings. The molecule has 1 aromatic heterocycles. The molecule has 1 aliphatic carbocycles. The molecule has 4 N–H and O–H groups in total. The number of H-pyrrole nitrogens is 1. The molecule has 8 nitrogen and oxygen atoms in total. The van der Waals surface area contributed by atoms with Crippen LogP contribution in [0.1, 0.15) is 48.4 Å². The molecule has 1 unspecified atom stereocenters. The highest BCUT2D eigenvalue weighted by Gasteiger charge is 2.27. The van der Waals surface area contributed by atoms with Gasteiger partial charge in [-0.05, 0) is 55.4 Å². The summed E-state index contributed by atoms with van der Waals surface area (Å²) in [6.07, 6.45) is 5.03. The highest BCUT2D eigenvalue weighted by atomic mass is 32.2. The number of pyridine rings is 1. The van der Waals surface area contributed by atoms with Crippen LogP contribution in [0.2, 0.25) is 0 Å². The number of aromatic amines is 1. The fraction of sp³-hybridized carbons (Fsp3) is 0.409. The Morgan fingerprint density at radius 2 is 1.81 bits per heavy atom. The van der Waals surface area contributed by atoms with Crippen LogP contribution in [0.4, 0.5) is 5.69 Å². The average Bonchev–Trinajstić information content (AvgIpc) is 3.47. The van der Waals surface area contributed by atoms with Crippen LogP contribution in [0.15, 0.2) is 47.3 Å². The van der Waals surface area contributed by atoms with Crippen molar-refractivity contribution in [3.63, 3.8) is 0 Å². The number of hydrogen-bond donors (Lipinski definition) is 4. The normalized spacial score (nSPS) is 22.1. The Hall–Kier alpha value is -2.46. The third-order valence-corrected chi connectivity index (χ3v) is 7.15. The van der Waals surface area contributed by atoms with Crippen molar-refractivity contribution in [2.24, 2.45) is 0 Å². The van der Waals surface area contributed by atoms with E-state index in [0.717, 1.165) is 40.3 Å². The van der Waals surface area contributed by atoms with Crippen molar-refractivity contribution >= 4 is 21.5 Å². The summed E-state index contributed by atoms with van der Waals surface area (Å²) in [5.74, 6) is 0.362. The minimum absolute atomic E-state index is 0.0245. The topological polar surface area (TPSA) is 115 Å². The molecule has 166 valence electrons. The van der Waals surface area contributed by atoms with E-state index in [1.807, 2.05) is 30.3 Å². The number of aliphatic hydroxyl groups is 1. The number of nitrogens with zero attached hydrogens (tertiary/aromatic N) is 1. The lowest BCUT2D eigenvalue weighted by molar-refractivity contribution is 0.157. The molecule has 2 aromatic rings. The fourth-order valence-electron chi connectivity index (χ4n) is 3.74. The Morgan fingerprint density at radius 3 is 2.35 bits per heavy atom. The smallest absolute Gasteiger partial charge is 0.301 e. The molecule has 1 saturated heterocycles. The molecule has 1 aliphatic heterocycles. The molecule has 1 saturated carbocycles. The molecule has 0 spiro atoms. The van der Waals surface area contributed by atoms with E-state index in [1.165, 1.54) is 14.1 Å². The number of aliphatic hydroxyl groups excluding tert-OH is 1. The molecule has 0 amide bonds. The van der Waals surface area contributed by atoms with Crippen LogP contribution < -0.4 is 15.6 Å². The van der Waals surface area contributed by atoms with Gasteiger partial charge in [-0.15, -0.1) is 0 Å². The SMILES string of the molecule is CN(C)S(=O)(=O)Nc1ccc(/C(=C\[C@H]2CCC(O)N2)c2ccc(C3CC3)c(=O)[nH]2)cc1. The quantitative estimate of drug-likeness (QED) is 0.521. The van der Waals surface area contributed by atoms with Gasteiger partial charge in [0.25, 0.3) is 5.56 Å². The lowest BCUT2D eigenvalue weighted by atomic mass is 9.98. The van der Waals surface area contributed by atoms with Gasteiger partial charge in [-0.25, -0.2) is 0 Å². The van der Waals surface area contributed by atoms with Gasteiger partial charge in [0.15, 0.2) is 0 Å². The Balaban J connectivity index is 1.67. The molecular weight excluding hydrogens is 416 g/mol. The van der Waals surface area contributed by atoms with E-state index >= 15 is 0 Å². The molecule has 1 aromatic carbocycles. The van der Waals surface area contributed by atoms with Gasteiger partial charge < -0.3 is 10.1 Å². The largest absolute Gasteiger partial charge is 0.379 e. The number of aromatic nitrogens is 1. The van der Waals surface area contributed by atoms with E-state index in [0.29, 0.717) is 23.7 Å². The summed E-state index contributed by atoms with van der Waals surface area (Å²) in [7, 11) is -0.669. The standard InChI is InChI=1S/C22H28N4O4S/c1-26(2)31(29,30)25-16-7-5-15(6-8-16)19(13-17-9-12-21(27)23-17)20-11-10-18(14-3-4-14)22(28)24-20/h5-8,10-11,13-14,17,21,23,25,27H,3-4,9,12H2,1-2H3,(H,24,28)/b19-13+/t17-,21?/m1/s1. The van der Waals surface area contributed by atoms with E-state index in [2.05, 4.69) is 15.0 Å². The Labute approximate surface area is 182 Å². The van der Waals surface area contributed by atoms with Crippen molar-refractivity contribution in [3.8, 4) is 0 Å². The third kappa shape index (κ3) is 5.07. The van der Waals surface area contributed by atoms with Crippen LogP contribution in [-0.2, 0) is 10.2 Å². The third-order valence-electron chi connectivity index (χ3n) is 5.70. The van der Waals surface area contributed by atoms with Gasteiger partial charge in [0.1, 0.15) is 6.23 Å². The van der Waals surface area contributed by atoms with Gasteiger partial charge in [0.05, 0.1) is 0 Å². The summed E-state index contributed by atoms with van der Waals surface area (Å²) in [5.41, 5.74) is 3.56. The highest BCUT2D eigenvalue weighted by molar-refractivity contribution is 7.90. The zero-order valence-corrected chi connectivity index (χ0v) is 18.4. The van der Waals surface area contributed by atoms with Crippen LogP contribution in [0.3, 0.4) is 0 Å². The second-order valence-corrected chi connectivity index (χ2v) is 10.2. The molecule has 0 bridgehead atoms. The molecular formula is C22H28N4O4S. The number of nitrogens with one attached hydrogen (secondary N) is 3. The van der Waals surface area contributed by atoms with Crippen molar-refractivity contribution in [2.45, 2.75) is 43.9 Å². The van der Waals surface area contributed by atoms with Crippen LogP contribution in [-0.4, -0.2) is 49.2 Å². The Bertz CT molecular complexity index is 1130. The molecule has 31 heavy (non-hydrogen) atoms. The summed E-state index contributed by atoms with van der Waals surface area (Å²) >= 11 is 0. The monoisotopic (exact) mass is 444 g/mol. The predicted octanol–water partition coefficient (Wildman–Crippen LogP) is 1.97. The number of anilines is 1. The van der Waals surface area contributed by atoms with Gasteiger partial charge in [0, 0.05) is 42.7 Å². The van der Waals surface area contributed by atoms with Gasteiger partial charge in [-0.1, -0.05) is 24.3 Å². The molecule has 9 heteroatoms. The lowest BCUT2D eigenvalue weighted by Gasteiger charge is -2.15. The zero-order valence-electron chi connectivity index (χ0n) is 17.6. The minimum Gasteiger partial charge on any atom is -0.379 e. The molecule has 2 atom stereocenters. The summed E-state index contributed by atoms with van der Waals surface area (Å²) in [6.45, 7) is 0. The van der Waals surface area contributed by atoms with Crippen molar-refractivity contribution in [1.82, 2.24) is 14.6 Å². The van der Waals surface area contributed by atoms with E-state index < -0.39 is 16.4 Å². The van der Waals surface area contributed by atoms with Gasteiger partial charge in [-0.2, -0.15) is 12.7 Å². The summed E-state index contributed by atoms with van der Waals surface area (Å²) < 4.78 is 27.7. The van der Waals surface area contributed by atoms with E-state index in [-0.39, 0.29) is 11.6 Å². The Kier molecular flexibility index (Phi) is 6.02. The predicted molar refractivity (Wildman–Crippen MR) is 121 cm³/mol. The van der Waals surface area contributed by atoms with Crippen LogP contribution in [0, 0.1) is 0 Å². The molecule has 0 radical (unpaired) electrons. The van der Waals surface area contributed by atoms with Gasteiger partial charge >= 0.3 is 10.2 Å². The maximum absolute atomic E-state index is 12.6. The number of benzene rings is 1. The average molecular weight is 445 g/mol. The number of rotatable bonds is 7. The minimum atomic E-state index is -3.59. The van der Waals surface area contributed by atoms with Crippen molar-refractivity contribution in [3.05, 3.63) is 69.6 Å². The van der Waals surface area contributed by atoms with Crippen molar-refractivity contribution in [2.75, 3.05) is 18.8 Å². The zero-order chi connectivity index (χ0) is 22.2. The van der Waals surface area contributed by atoms with Crippen LogP contribution >= 0.6 is 0 Å². The summed E-state index contributed by atoms with van der Waals surface area (Å²) in [4.78, 5) is 15.6. The second kappa shape index (κ2) is 8.58. The van der Waals surface area contributed by atoms with E-state index in [1.54, 1.807) is 12.1 Å². The first-order chi connectivity index (χ1) is 14.7.